The van der Waals surface area contributed by atoms with E-state index in [-0.39, 0.29) is 5.91 Å². The Balaban J connectivity index is 1.50. The highest BCUT2D eigenvalue weighted by Gasteiger charge is 2.19. The Hall–Kier alpha value is -3.47. The van der Waals surface area contributed by atoms with Crippen molar-refractivity contribution in [3.05, 3.63) is 77.9 Å². The van der Waals surface area contributed by atoms with Gasteiger partial charge in [0.2, 0.25) is 0 Å². The lowest BCUT2D eigenvalue weighted by Crippen LogP contribution is -2.14. The predicted molar refractivity (Wildman–Crippen MR) is 111 cm³/mol. The fourth-order valence-corrected chi connectivity index (χ4v) is 3.47. The average molecular weight is 374 g/mol. The average Bonchev–Trinajstić information content (AvgIpc) is 3.18. The summed E-state index contributed by atoms with van der Waals surface area (Å²) in [6.07, 6.45) is 1.05. The van der Waals surface area contributed by atoms with Crippen LogP contribution in [0.1, 0.15) is 15.9 Å². The maximum Gasteiger partial charge on any atom is 0.255 e. The Kier molecular flexibility index (Phi) is 4.89. The van der Waals surface area contributed by atoms with Crippen molar-refractivity contribution in [1.82, 2.24) is 0 Å². The number of hydrogen-bond acceptors (Lipinski definition) is 4. The second kappa shape index (κ2) is 7.64. The van der Waals surface area contributed by atoms with Crippen LogP contribution in [0, 0.1) is 0 Å². The summed E-state index contributed by atoms with van der Waals surface area (Å²) < 4.78 is 10.5. The molecule has 0 saturated carbocycles. The monoisotopic (exact) mass is 374 g/mol. The highest BCUT2D eigenvalue weighted by Crippen LogP contribution is 2.34. The van der Waals surface area contributed by atoms with Crippen LogP contribution in [0.4, 0.5) is 17.1 Å². The minimum absolute atomic E-state index is 0.212. The summed E-state index contributed by atoms with van der Waals surface area (Å²) in [5.74, 6) is 0.941. The molecule has 28 heavy (non-hydrogen) atoms. The quantitative estimate of drug-likeness (QED) is 0.706. The van der Waals surface area contributed by atoms with Gasteiger partial charge in [-0.15, -0.1) is 0 Å². The number of nitrogens with one attached hydrogen (secondary N) is 1. The number of benzene rings is 3. The van der Waals surface area contributed by atoms with Crippen LogP contribution in [-0.2, 0) is 6.42 Å². The van der Waals surface area contributed by atoms with E-state index in [0.717, 1.165) is 24.3 Å². The number of carbonyl (C=O) groups is 1. The minimum Gasteiger partial charge on any atom is -0.497 e. The van der Waals surface area contributed by atoms with Gasteiger partial charge in [-0.2, -0.15) is 0 Å². The van der Waals surface area contributed by atoms with Gasteiger partial charge >= 0.3 is 0 Å². The van der Waals surface area contributed by atoms with Crippen molar-refractivity contribution < 1.29 is 14.3 Å². The number of amides is 1. The first kappa shape index (κ1) is 17.9. The number of para-hydroxylation sites is 1. The highest BCUT2D eigenvalue weighted by molar-refractivity contribution is 6.04. The van der Waals surface area contributed by atoms with Crippen LogP contribution in [0.2, 0.25) is 0 Å². The van der Waals surface area contributed by atoms with Crippen molar-refractivity contribution in [1.29, 1.82) is 0 Å². The molecule has 0 aliphatic carbocycles. The smallest absolute Gasteiger partial charge is 0.255 e. The SMILES string of the molecule is COc1cc(OC)cc(C(=O)Nc2ccc(N3CCc4ccccc43)cc2)c1. The predicted octanol–water partition coefficient (Wildman–Crippen LogP) is 4.65. The third kappa shape index (κ3) is 3.51. The molecule has 3 aromatic rings. The summed E-state index contributed by atoms with van der Waals surface area (Å²) in [5.41, 5.74) is 4.96. The van der Waals surface area contributed by atoms with Crippen LogP contribution in [0.3, 0.4) is 0 Å². The van der Waals surface area contributed by atoms with Crippen molar-refractivity contribution in [3.8, 4) is 11.5 Å². The Morgan fingerprint density at radius 3 is 2.29 bits per heavy atom. The van der Waals surface area contributed by atoms with Crippen molar-refractivity contribution in [3.63, 3.8) is 0 Å². The topological polar surface area (TPSA) is 50.8 Å². The third-order valence-corrected chi connectivity index (χ3v) is 4.94. The molecule has 1 amide bonds. The molecular formula is C23H22N2O3. The molecule has 1 aliphatic heterocycles. The van der Waals surface area contributed by atoms with Gasteiger partial charge < -0.3 is 19.7 Å². The first-order valence-electron chi connectivity index (χ1n) is 9.18. The van der Waals surface area contributed by atoms with Crippen LogP contribution in [-0.4, -0.2) is 26.7 Å². The van der Waals surface area contributed by atoms with Crippen LogP contribution in [0.5, 0.6) is 11.5 Å². The fraction of sp³-hybridized carbons (Fsp3) is 0.174. The van der Waals surface area contributed by atoms with Gasteiger partial charge in [0, 0.05) is 35.2 Å². The highest BCUT2D eigenvalue weighted by atomic mass is 16.5. The summed E-state index contributed by atoms with van der Waals surface area (Å²) in [6.45, 7) is 0.967. The molecular weight excluding hydrogens is 352 g/mol. The maximum atomic E-state index is 12.6. The number of methoxy groups -OCH3 is 2. The van der Waals surface area contributed by atoms with Crippen LogP contribution in [0.15, 0.2) is 66.7 Å². The van der Waals surface area contributed by atoms with E-state index in [9.17, 15) is 4.79 Å². The number of anilines is 3. The molecule has 0 saturated heterocycles. The minimum atomic E-state index is -0.212. The van der Waals surface area contributed by atoms with Crippen LogP contribution >= 0.6 is 0 Å². The Morgan fingerprint density at radius 1 is 0.929 bits per heavy atom. The van der Waals surface area contributed by atoms with Gasteiger partial charge in [-0.3, -0.25) is 4.79 Å². The van der Waals surface area contributed by atoms with Gasteiger partial charge in [-0.05, 0) is 54.4 Å². The van der Waals surface area contributed by atoms with E-state index in [0.29, 0.717) is 17.1 Å². The molecule has 5 nitrogen and oxygen atoms in total. The molecule has 1 heterocycles. The second-order valence-electron chi connectivity index (χ2n) is 6.63. The van der Waals surface area contributed by atoms with E-state index < -0.39 is 0 Å². The Labute approximate surface area is 164 Å². The fourth-order valence-electron chi connectivity index (χ4n) is 3.47. The van der Waals surface area contributed by atoms with E-state index in [4.69, 9.17) is 9.47 Å². The van der Waals surface area contributed by atoms with Crippen molar-refractivity contribution in [2.24, 2.45) is 0 Å². The summed E-state index contributed by atoms with van der Waals surface area (Å²) in [5, 5.41) is 2.93. The van der Waals surface area contributed by atoms with Gasteiger partial charge in [0.1, 0.15) is 11.5 Å². The van der Waals surface area contributed by atoms with Gasteiger partial charge in [-0.1, -0.05) is 18.2 Å². The zero-order valence-electron chi connectivity index (χ0n) is 15.9. The number of carbonyl (C=O) groups excluding carboxylic acids is 1. The lowest BCUT2D eigenvalue weighted by Gasteiger charge is -2.20. The second-order valence-corrected chi connectivity index (χ2v) is 6.63. The number of rotatable bonds is 5. The molecule has 0 bridgehead atoms. The summed E-state index contributed by atoms with van der Waals surface area (Å²) in [6, 6.07) is 21.5. The molecule has 4 rings (SSSR count). The largest absolute Gasteiger partial charge is 0.497 e. The van der Waals surface area contributed by atoms with Gasteiger partial charge in [-0.25, -0.2) is 0 Å². The standard InChI is InChI=1S/C23H22N2O3/c1-27-20-13-17(14-21(15-20)28-2)23(26)24-18-7-9-19(10-8-18)25-12-11-16-5-3-4-6-22(16)25/h3-10,13-15H,11-12H2,1-2H3,(H,24,26). The number of fused-ring (bicyclic) bond motifs is 1. The molecule has 5 heteroatoms. The van der Waals surface area contributed by atoms with Crippen molar-refractivity contribution >= 4 is 23.0 Å². The van der Waals surface area contributed by atoms with E-state index in [1.54, 1.807) is 32.4 Å². The summed E-state index contributed by atoms with van der Waals surface area (Å²) in [4.78, 5) is 14.9. The first-order valence-corrected chi connectivity index (χ1v) is 9.18. The number of hydrogen-bond donors (Lipinski definition) is 1. The van der Waals surface area contributed by atoms with E-state index in [1.807, 2.05) is 24.3 Å². The maximum absolute atomic E-state index is 12.6. The van der Waals surface area contributed by atoms with E-state index in [2.05, 4.69) is 34.5 Å². The number of ether oxygens (including phenoxy) is 2. The Bertz CT molecular complexity index is 977. The third-order valence-electron chi connectivity index (χ3n) is 4.94. The van der Waals surface area contributed by atoms with Crippen molar-refractivity contribution in [2.75, 3.05) is 31.0 Å². The number of nitrogens with zero attached hydrogens (tertiary/aromatic N) is 1. The van der Waals surface area contributed by atoms with Crippen molar-refractivity contribution in [2.45, 2.75) is 6.42 Å². The van der Waals surface area contributed by atoms with E-state index >= 15 is 0 Å². The molecule has 0 unspecified atom stereocenters. The van der Waals surface area contributed by atoms with Gasteiger partial charge in [0.05, 0.1) is 14.2 Å². The molecule has 3 aromatic carbocycles. The molecule has 1 N–H and O–H groups in total. The Morgan fingerprint density at radius 2 is 1.61 bits per heavy atom. The molecule has 0 aromatic heterocycles. The van der Waals surface area contributed by atoms with Crippen LogP contribution in [0.25, 0.3) is 0 Å². The zero-order chi connectivity index (χ0) is 19.5. The molecule has 0 fully saturated rings. The molecule has 142 valence electrons. The zero-order valence-corrected chi connectivity index (χ0v) is 15.9. The molecule has 0 spiro atoms. The normalized spacial score (nSPS) is 12.4. The molecule has 0 radical (unpaired) electrons. The van der Waals surface area contributed by atoms with E-state index in [1.165, 1.54) is 11.3 Å². The first-order chi connectivity index (χ1) is 13.7. The molecule has 0 atom stereocenters. The molecule has 1 aliphatic rings. The summed E-state index contributed by atoms with van der Waals surface area (Å²) >= 11 is 0. The van der Waals surface area contributed by atoms with Gasteiger partial charge in [0.25, 0.3) is 5.91 Å². The lowest BCUT2D eigenvalue weighted by molar-refractivity contribution is 0.102. The lowest BCUT2D eigenvalue weighted by atomic mass is 10.1. The van der Waals surface area contributed by atoms with Gasteiger partial charge in [0.15, 0.2) is 0 Å². The summed E-state index contributed by atoms with van der Waals surface area (Å²) in [7, 11) is 3.12. The van der Waals surface area contributed by atoms with Crippen LogP contribution < -0.4 is 19.7 Å².